The van der Waals surface area contributed by atoms with Crippen LogP contribution in [-0.4, -0.2) is 71.1 Å². The highest BCUT2D eigenvalue weighted by atomic mass is 16.5. The molecule has 0 amide bonds. The molecular weight excluding hydrogens is 392 g/mol. The summed E-state index contributed by atoms with van der Waals surface area (Å²) in [4.78, 5) is 4.79. The molecule has 1 atom stereocenters. The molecule has 7 nitrogen and oxygen atoms in total. The van der Waals surface area contributed by atoms with E-state index >= 15 is 0 Å². The van der Waals surface area contributed by atoms with Gasteiger partial charge >= 0.3 is 0 Å². The van der Waals surface area contributed by atoms with Crippen LogP contribution < -0.4 is 9.47 Å². The summed E-state index contributed by atoms with van der Waals surface area (Å²) >= 11 is 0. The van der Waals surface area contributed by atoms with Crippen molar-refractivity contribution in [1.82, 2.24) is 20.0 Å². The highest BCUT2D eigenvalue weighted by Crippen LogP contribution is 2.29. The Morgan fingerprint density at radius 2 is 1.87 bits per heavy atom. The third kappa shape index (κ3) is 6.21. The summed E-state index contributed by atoms with van der Waals surface area (Å²) in [6.45, 7) is 5.85. The number of aliphatic hydroxyl groups excluding tert-OH is 1. The first kappa shape index (κ1) is 22.1. The highest BCUT2D eigenvalue weighted by molar-refractivity contribution is 5.43. The fourth-order valence-corrected chi connectivity index (χ4v) is 4.64. The Balaban J connectivity index is 1.32. The zero-order valence-electron chi connectivity index (χ0n) is 18.7. The molecule has 2 aliphatic heterocycles. The number of methoxy groups -OCH3 is 1. The second kappa shape index (κ2) is 11.0. The van der Waals surface area contributed by atoms with Crippen LogP contribution >= 0.6 is 0 Å². The summed E-state index contributed by atoms with van der Waals surface area (Å²) in [5, 5.41) is 17.8. The van der Waals surface area contributed by atoms with Crippen LogP contribution in [0.25, 0.3) is 0 Å². The zero-order chi connectivity index (χ0) is 21.5. The molecule has 0 aliphatic carbocycles. The Kier molecular flexibility index (Phi) is 7.83. The number of hydrogen-bond donors (Lipinski definition) is 2. The van der Waals surface area contributed by atoms with Crippen molar-refractivity contribution in [3.63, 3.8) is 0 Å². The molecule has 0 saturated carbocycles. The summed E-state index contributed by atoms with van der Waals surface area (Å²) < 4.78 is 11.5. The van der Waals surface area contributed by atoms with Crippen molar-refractivity contribution in [3.8, 4) is 11.5 Å². The number of hydrogen-bond acceptors (Lipinski definition) is 6. The van der Waals surface area contributed by atoms with E-state index in [1.165, 1.54) is 48.9 Å². The molecule has 2 aromatic rings. The van der Waals surface area contributed by atoms with Gasteiger partial charge < -0.3 is 19.5 Å². The second-order valence-corrected chi connectivity index (χ2v) is 8.85. The zero-order valence-corrected chi connectivity index (χ0v) is 18.7. The van der Waals surface area contributed by atoms with Gasteiger partial charge in [-0.25, -0.2) is 0 Å². The topological polar surface area (TPSA) is 73.8 Å². The molecule has 1 aromatic carbocycles. The summed E-state index contributed by atoms with van der Waals surface area (Å²) in [7, 11) is 1.66. The smallest absolute Gasteiger partial charge is 0.161 e. The van der Waals surface area contributed by atoms with E-state index < -0.39 is 6.10 Å². The molecule has 1 unspecified atom stereocenters. The minimum absolute atomic E-state index is 0.276. The van der Waals surface area contributed by atoms with Gasteiger partial charge in [-0.05, 0) is 43.6 Å². The van der Waals surface area contributed by atoms with Gasteiger partial charge in [-0.2, -0.15) is 5.10 Å². The van der Waals surface area contributed by atoms with Crippen LogP contribution in [0.3, 0.4) is 0 Å². The monoisotopic (exact) mass is 428 g/mol. The molecule has 2 N–H and O–H groups in total. The Hall–Kier alpha value is -2.09. The van der Waals surface area contributed by atoms with Crippen LogP contribution in [-0.2, 0) is 19.5 Å². The van der Waals surface area contributed by atoms with Crippen molar-refractivity contribution >= 4 is 0 Å². The van der Waals surface area contributed by atoms with E-state index in [9.17, 15) is 5.11 Å². The molecule has 7 heteroatoms. The lowest BCUT2D eigenvalue weighted by atomic mass is 10.1. The fraction of sp³-hybridized carbons (Fsp3) is 0.625. The summed E-state index contributed by atoms with van der Waals surface area (Å²) in [6.07, 6.45) is 8.80. The summed E-state index contributed by atoms with van der Waals surface area (Å²) in [6, 6.07) is 6.10. The number of aromatic amines is 1. The van der Waals surface area contributed by atoms with Gasteiger partial charge in [0.25, 0.3) is 0 Å². The highest BCUT2D eigenvalue weighted by Gasteiger charge is 2.19. The molecule has 0 bridgehead atoms. The maximum atomic E-state index is 10.6. The number of aromatic nitrogens is 2. The third-order valence-corrected chi connectivity index (χ3v) is 6.36. The number of likely N-dealkylation sites (tertiary alicyclic amines) is 1. The van der Waals surface area contributed by atoms with Crippen molar-refractivity contribution in [2.45, 2.75) is 57.7 Å². The molecule has 0 spiro atoms. The van der Waals surface area contributed by atoms with Gasteiger partial charge in [-0.15, -0.1) is 0 Å². The van der Waals surface area contributed by atoms with Gasteiger partial charge in [0.15, 0.2) is 11.5 Å². The van der Waals surface area contributed by atoms with Crippen LogP contribution in [0.4, 0.5) is 0 Å². The summed E-state index contributed by atoms with van der Waals surface area (Å²) in [5.41, 5.74) is 3.72. The minimum atomic E-state index is -0.505. The summed E-state index contributed by atoms with van der Waals surface area (Å²) in [5.74, 6) is 1.41. The normalized spacial score (nSPS) is 19.3. The van der Waals surface area contributed by atoms with Crippen LogP contribution in [0.5, 0.6) is 11.5 Å². The average molecular weight is 429 g/mol. The Morgan fingerprint density at radius 1 is 1.06 bits per heavy atom. The first-order chi connectivity index (χ1) is 15.2. The molecule has 4 rings (SSSR count). The van der Waals surface area contributed by atoms with Gasteiger partial charge in [0.05, 0.1) is 13.3 Å². The van der Waals surface area contributed by atoms with Crippen molar-refractivity contribution in [3.05, 3.63) is 41.2 Å². The fourth-order valence-electron chi connectivity index (χ4n) is 4.64. The molecule has 170 valence electrons. The van der Waals surface area contributed by atoms with Crippen LogP contribution in [0.15, 0.2) is 24.4 Å². The van der Waals surface area contributed by atoms with E-state index in [1.807, 2.05) is 18.3 Å². The number of rotatable bonds is 8. The molecule has 3 heterocycles. The van der Waals surface area contributed by atoms with Crippen LogP contribution in [0.1, 0.15) is 48.9 Å². The number of nitrogens with one attached hydrogen (secondary N) is 1. The van der Waals surface area contributed by atoms with Crippen molar-refractivity contribution in [2.75, 3.05) is 39.9 Å². The van der Waals surface area contributed by atoms with Crippen molar-refractivity contribution in [1.29, 1.82) is 0 Å². The minimum Gasteiger partial charge on any atom is -0.493 e. The van der Waals surface area contributed by atoms with Crippen LogP contribution in [0.2, 0.25) is 0 Å². The standard InChI is InChI=1S/C24H36N4O3/c1-30-23-8-7-19(15-28-12-9-22-20(16-28)14-25-26-22)13-24(23)31-18-21(29)17-27-10-5-3-2-4-6-11-27/h7-8,13-14,21,29H,2-6,9-12,15-18H2,1H3,(H,25,26). The first-order valence-corrected chi connectivity index (χ1v) is 11.6. The molecule has 1 aromatic heterocycles. The second-order valence-electron chi connectivity index (χ2n) is 8.85. The van der Waals surface area contributed by atoms with Gasteiger partial charge in [0.1, 0.15) is 12.7 Å². The Bertz CT molecular complexity index is 817. The van der Waals surface area contributed by atoms with E-state index in [4.69, 9.17) is 9.47 Å². The number of nitrogens with zero attached hydrogens (tertiary/aromatic N) is 3. The Labute approximate surface area is 185 Å². The lowest BCUT2D eigenvalue weighted by Gasteiger charge is -2.27. The van der Waals surface area contributed by atoms with E-state index in [0.29, 0.717) is 18.0 Å². The number of ether oxygens (including phenoxy) is 2. The number of β-amino-alcohol motifs (C(OH)–C–C–N with tert-alkyl or cyclic N) is 1. The average Bonchev–Trinajstić information content (AvgIpc) is 3.22. The quantitative estimate of drug-likeness (QED) is 0.673. The van der Waals surface area contributed by atoms with E-state index in [-0.39, 0.29) is 6.61 Å². The number of fused-ring (bicyclic) bond motifs is 1. The lowest BCUT2D eigenvalue weighted by Crippen LogP contribution is -2.37. The number of benzene rings is 1. The maximum Gasteiger partial charge on any atom is 0.161 e. The van der Waals surface area contributed by atoms with Gasteiger partial charge in [0, 0.05) is 43.9 Å². The Morgan fingerprint density at radius 3 is 2.68 bits per heavy atom. The van der Waals surface area contributed by atoms with E-state index in [2.05, 4.69) is 26.1 Å². The third-order valence-electron chi connectivity index (χ3n) is 6.36. The largest absolute Gasteiger partial charge is 0.493 e. The SMILES string of the molecule is COc1ccc(CN2CCc3[nH]ncc3C2)cc1OCC(O)CN1CCCCCCC1. The molecule has 31 heavy (non-hydrogen) atoms. The molecule has 1 fully saturated rings. The maximum absolute atomic E-state index is 10.6. The van der Waals surface area contributed by atoms with E-state index in [0.717, 1.165) is 39.1 Å². The van der Waals surface area contributed by atoms with Gasteiger partial charge in [0.2, 0.25) is 0 Å². The molecule has 2 aliphatic rings. The molecule has 1 saturated heterocycles. The lowest BCUT2D eigenvalue weighted by molar-refractivity contribution is 0.0644. The van der Waals surface area contributed by atoms with Gasteiger partial charge in [-0.3, -0.25) is 10.00 Å². The van der Waals surface area contributed by atoms with Crippen molar-refractivity contribution in [2.24, 2.45) is 0 Å². The molecular formula is C24H36N4O3. The predicted octanol–water partition coefficient (Wildman–Crippen LogP) is 2.98. The van der Waals surface area contributed by atoms with E-state index in [1.54, 1.807) is 7.11 Å². The van der Waals surface area contributed by atoms with Gasteiger partial charge in [-0.1, -0.05) is 25.3 Å². The van der Waals surface area contributed by atoms with Crippen LogP contribution in [0, 0.1) is 0 Å². The predicted molar refractivity (Wildman–Crippen MR) is 120 cm³/mol. The van der Waals surface area contributed by atoms with Crippen molar-refractivity contribution < 1.29 is 14.6 Å². The first-order valence-electron chi connectivity index (χ1n) is 11.6. The number of H-pyrrole nitrogens is 1. The molecule has 0 radical (unpaired) electrons. The number of aliphatic hydroxyl groups is 1.